The molecule has 1 N–H and O–H groups in total. The summed E-state index contributed by atoms with van der Waals surface area (Å²) < 4.78 is 0. The topological polar surface area (TPSA) is 104 Å². The van der Waals surface area contributed by atoms with Crippen molar-refractivity contribution in [2.75, 3.05) is 15.1 Å². The number of hydrogen-bond donors (Lipinski definition) is 1. The maximum Gasteiger partial charge on any atom is 0.258 e. The maximum absolute atomic E-state index is 12.2. The van der Waals surface area contributed by atoms with Crippen molar-refractivity contribution in [3.05, 3.63) is 84.5 Å². The molecule has 0 atom stereocenters. The average Bonchev–Trinajstić information content (AvgIpc) is 3.28. The van der Waals surface area contributed by atoms with Gasteiger partial charge in [0.2, 0.25) is 5.91 Å². The summed E-state index contributed by atoms with van der Waals surface area (Å²) >= 11 is 0. The summed E-state index contributed by atoms with van der Waals surface area (Å²) in [6, 6.07) is 12.9. The Morgan fingerprint density at radius 2 is 1.06 bits per heavy atom. The van der Waals surface area contributed by atoms with Crippen LogP contribution in [0.1, 0.15) is 5.56 Å². The van der Waals surface area contributed by atoms with Crippen LogP contribution in [0.3, 0.4) is 0 Å². The summed E-state index contributed by atoms with van der Waals surface area (Å²) in [4.78, 5) is 61.0. The second-order valence-corrected chi connectivity index (χ2v) is 6.65. The summed E-state index contributed by atoms with van der Waals surface area (Å²) in [7, 11) is 0. The van der Waals surface area contributed by atoms with Crippen LogP contribution in [0.2, 0.25) is 0 Å². The molecule has 0 aliphatic carbocycles. The van der Waals surface area contributed by atoms with Crippen molar-refractivity contribution in [2.45, 2.75) is 0 Å². The molecule has 2 aliphatic rings. The summed E-state index contributed by atoms with van der Waals surface area (Å²) in [5.74, 6) is -1.99. The molecule has 152 valence electrons. The van der Waals surface area contributed by atoms with Crippen molar-refractivity contribution in [3.8, 4) is 0 Å². The van der Waals surface area contributed by atoms with Gasteiger partial charge in [0.1, 0.15) is 0 Å². The lowest BCUT2D eigenvalue weighted by Gasteiger charge is -2.14. The standard InChI is InChI=1S/C23H15N3O5/c27-19(24-16-4-8-18(9-5-16)26-22(30)13-14-23(26)31)10-3-15-1-6-17(7-2-15)25-20(28)11-12-21(25)29/h1-14H,(H,24,27). The molecule has 2 aromatic rings. The van der Waals surface area contributed by atoms with Crippen molar-refractivity contribution in [1.29, 1.82) is 0 Å². The van der Waals surface area contributed by atoms with Crippen molar-refractivity contribution in [2.24, 2.45) is 0 Å². The molecule has 2 aliphatic heterocycles. The normalized spacial score (nSPS) is 15.6. The summed E-state index contributed by atoms with van der Waals surface area (Å²) in [5, 5.41) is 2.68. The number of carbonyl (C=O) groups is 5. The average molecular weight is 413 g/mol. The molecule has 0 bridgehead atoms. The molecule has 0 spiro atoms. The molecule has 0 aromatic heterocycles. The zero-order valence-electron chi connectivity index (χ0n) is 16.0. The number of rotatable bonds is 5. The Morgan fingerprint density at radius 3 is 1.52 bits per heavy atom. The number of amides is 5. The molecule has 0 saturated heterocycles. The number of nitrogens with one attached hydrogen (secondary N) is 1. The number of anilines is 3. The molecule has 5 amide bonds. The van der Waals surface area contributed by atoms with E-state index in [4.69, 9.17) is 0 Å². The van der Waals surface area contributed by atoms with Crippen molar-refractivity contribution in [3.63, 3.8) is 0 Å². The molecule has 8 heteroatoms. The fraction of sp³-hybridized carbons (Fsp3) is 0. The first-order valence-corrected chi connectivity index (χ1v) is 9.24. The van der Waals surface area contributed by atoms with E-state index in [1.807, 2.05) is 0 Å². The molecular formula is C23H15N3O5. The Hall–Kier alpha value is -4.59. The molecular weight excluding hydrogens is 398 g/mol. The number of nitrogens with zero attached hydrogens (tertiary/aromatic N) is 2. The molecule has 0 radical (unpaired) electrons. The Bertz CT molecular complexity index is 1150. The highest BCUT2D eigenvalue weighted by Gasteiger charge is 2.25. The van der Waals surface area contributed by atoms with Crippen LogP contribution in [0.25, 0.3) is 6.08 Å². The van der Waals surface area contributed by atoms with Gasteiger partial charge in [0, 0.05) is 36.1 Å². The number of carbonyl (C=O) groups excluding carboxylic acids is 5. The van der Waals surface area contributed by atoms with Gasteiger partial charge < -0.3 is 5.32 Å². The van der Waals surface area contributed by atoms with E-state index >= 15 is 0 Å². The fourth-order valence-corrected chi connectivity index (χ4v) is 3.09. The zero-order valence-corrected chi connectivity index (χ0v) is 16.0. The molecule has 0 saturated carbocycles. The Balaban J connectivity index is 1.36. The van der Waals surface area contributed by atoms with Crippen LogP contribution in [0, 0.1) is 0 Å². The van der Waals surface area contributed by atoms with E-state index in [1.54, 1.807) is 54.6 Å². The van der Waals surface area contributed by atoms with Gasteiger partial charge in [-0.2, -0.15) is 0 Å². The molecule has 0 unspecified atom stereocenters. The monoisotopic (exact) mass is 413 g/mol. The predicted molar refractivity (Wildman–Crippen MR) is 114 cm³/mol. The summed E-state index contributed by atoms with van der Waals surface area (Å²) in [5.41, 5.74) is 2.07. The van der Waals surface area contributed by atoms with Crippen molar-refractivity contribution in [1.82, 2.24) is 0 Å². The first-order chi connectivity index (χ1) is 14.9. The van der Waals surface area contributed by atoms with Crippen LogP contribution in [0.4, 0.5) is 17.1 Å². The van der Waals surface area contributed by atoms with E-state index in [9.17, 15) is 24.0 Å². The SMILES string of the molecule is O=C(C=Cc1ccc(N2C(=O)C=CC2=O)cc1)Nc1ccc(N2C(=O)C=CC2=O)cc1. The van der Waals surface area contributed by atoms with Gasteiger partial charge in [-0.05, 0) is 48.0 Å². The van der Waals surface area contributed by atoms with Crippen LogP contribution in [-0.4, -0.2) is 29.5 Å². The van der Waals surface area contributed by atoms with Gasteiger partial charge in [-0.25, -0.2) is 9.80 Å². The van der Waals surface area contributed by atoms with Gasteiger partial charge in [-0.3, -0.25) is 24.0 Å². The lowest BCUT2D eigenvalue weighted by Crippen LogP contribution is -2.29. The highest BCUT2D eigenvalue weighted by Crippen LogP contribution is 2.22. The molecule has 8 nitrogen and oxygen atoms in total. The van der Waals surface area contributed by atoms with Gasteiger partial charge in [-0.15, -0.1) is 0 Å². The molecule has 2 aromatic carbocycles. The van der Waals surface area contributed by atoms with Crippen LogP contribution in [-0.2, 0) is 24.0 Å². The summed E-state index contributed by atoms with van der Waals surface area (Å²) in [6.07, 6.45) is 7.76. The lowest BCUT2D eigenvalue weighted by molar-refractivity contribution is -0.121. The van der Waals surface area contributed by atoms with Gasteiger partial charge in [0.15, 0.2) is 0 Å². The Morgan fingerprint density at radius 1 is 0.645 bits per heavy atom. The number of hydrogen-bond acceptors (Lipinski definition) is 5. The minimum atomic E-state index is -0.412. The van der Waals surface area contributed by atoms with Gasteiger partial charge in [0.05, 0.1) is 11.4 Å². The first kappa shape index (κ1) is 19.7. The zero-order chi connectivity index (χ0) is 22.0. The summed E-state index contributed by atoms with van der Waals surface area (Å²) in [6.45, 7) is 0. The minimum absolute atomic E-state index is 0.374. The molecule has 2 heterocycles. The third-order valence-electron chi connectivity index (χ3n) is 4.59. The Labute approximate surface area is 176 Å². The Kier molecular flexibility index (Phi) is 5.11. The van der Waals surface area contributed by atoms with E-state index in [0.29, 0.717) is 22.6 Å². The highest BCUT2D eigenvalue weighted by atomic mass is 16.2. The van der Waals surface area contributed by atoms with Crippen molar-refractivity contribution < 1.29 is 24.0 Å². The maximum atomic E-state index is 12.2. The van der Waals surface area contributed by atoms with Crippen LogP contribution in [0.15, 0.2) is 78.9 Å². The predicted octanol–water partition coefficient (Wildman–Crippen LogP) is 2.20. The van der Waals surface area contributed by atoms with Crippen LogP contribution in [0.5, 0.6) is 0 Å². The van der Waals surface area contributed by atoms with Crippen LogP contribution < -0.4 is 15.1 Å². The lowest BCUT2D eigenvalue weighted by atomic mass is 10.2. The number of benzene rings is 2. The van der Waals surface area contributed by atoms with E-state index in [1.165, 1.54) is 30.4 Å². The minimum Gasteiger partial charge on any atom is -0.323 e. The third kappa shape index (κ3) is 4.08. The van der Waals surface area contributed by atoms with Gasteiger partial charge in [0.25, 0.3) is 23.6 Å². The van der Waals surface area contributed by atoms with E-state index in [2.05, 4.69) is 5.32 Å². The van der Waals surface area contributed by atoms with Crippen LogP contribution >= 0.6 is 0 Å². The smallest absolute Gasteiger partial charge is 0.258 e. The second-order valence-electron chi connectivity index (χ2n) is 6.65. The van der Waals surface area contributed by atoms with E-state index in [0.717, 1.165) is 9.80 Å². The quantitative estimate of drug-likeness (QED) is 0.598. The van der Waals surface area contributed by atoms with Gasteiger partial charge in [-0.1, -0.05) is 12.1 Å². The van der Waals surface area contributed by atoms with E-state index in [-0.39, 0.29) is 5.91 Å². The fourth-order valence-electron chi connectivity index (χ4n) is 3.09. The highest BCUT2D eigenvalue weighted by molar-refractivity contribution is 6.28. The molecule has 0 fully saturated rings. The first-order valence-electron chi connectivity index (χ1n) is 9.24. The second kappa shape index (κ2) is 8.03. The molecule has 4 rings (SSSR count). The van der Waals surface area contributed by atoms with Crippen molar-refractivity contribution >= 4 is 52.7 Å². The molecule has 31 heavy (non-hydrogen) atoms. The van der Waals surface area contributed by atoms with E-state index < -0.39 is 23.6 Å². The number of imide groups is 2. The largest absolute Gasteiger partial charge is 0.323 e. The third-order valence-corrected chi connectivity index (χ3v) is 4.59. The van der Waals surface area contributed by atoms with Gasteiger partial charge >= 0.3 is 0 Å².